The third-order valence-electron chi connectivity index (χ3n) is 3.99. The molecule has 3 heterocycles. The monoisotopic (exact) mass is 362 g/mol. The molecule has 0 saturated heterocycles. The van der Waals surface area contributed by atoms with Gasteiger partial charge in [-0.25, -0.2) is 13.9 Å². The Kier molecular flexibility index (Phi) is 4.21. The molecular formula is C19H15FN6O. The second-order valence-corrected chi connectivity index (χ2v) is 5.97. The van der Waals surface area contributed by atoms with Crippen LogP contribution in [0.2, 0.25) is 0 Å². The molecule has 3 N–H and O–H groups in total. The third-order valence-corrected chi connectivity index (χ3v) is 3.99. The minimum absolute atomic E-state index is 0.147. The fraction of sp³-hybridized carbons (Fsp3) is 0.0526. The van der Waals surface area contributed by atoms with Crippen LogP contribution in [0.4, 0.5) is 16.2 Å². The molecule has 8 heteroatoms. The van der Waals surface area contributed by atoms with Gasteiger partial charge in [-0.2, -0.15) is 4.98 Å². The highest BCUT2D eigenvalue weighted by Crippen LogP contribution is 2.20. The Labute approximate surface area is 153 Å². The van der Waals surface area contributed by atoms with Crippen molar-refractivity contribution in [3.63, 3.8) is 0 Å². The maximum atomic E-state index is 12.9. The highest BCUT2D eigenvalue weighted by molar-refractivity contribution is 5.91. The zero-order valence-electron chi connectivity index (χ0n) is 14.1. The highest BCUT2D eigenvalue weighted by atomic mass is 19.1. The molecule has 0 spiro atoms. The summed E-state index contributed by atoms with van der Waals surface area (Å²) in [5, 5.41) is 6.81. The van der Waals surface area contributed by atoms with Crippen LogP contribution in [-0.4, -0.2) is 25.5 Å². The van der Waals surface area contributed by atoms with Gasteiger partial charge in [0.1, 0.15) is 11.6 Å². The van der Waals surface area contributed by atoms with Crippen LogP contribution in [0.15, 0.2) is 60.9 Å². The summed E-state index contributed by atoms with van der Waals surface area (Å²) in [6.07, 6.45) is 3.62. The first-order valence-electron chi connectivity index (χ1n) is 8.19. The Balaban J connectivity index is 1.46. The van der Waals surface area contributed by atoms with Crippen LogP contribution in [0.1, 0.15) is 5.56 Å². The number of pyridine rings is 2. The van der Waals surface area contributed by atoms with Gasteiger partial charge < -0.3 is 11.1 Å². The van der Waals surface area contributed by atoms with E-state index >= 15 is 0 Å². The summed E-state index contributed by atoms with van der Waals surface area (Å²) in [7, 11) is 0. The van der Waals surface area contributed by atoms with Crippen molar-refractivity contribution in [1.82, 2.24) is 19.6 Å². The first-order valence-corrected chi connectivity index (χ1v) is 8.19. The smallest absolute Gasteiger partial charge is 0.240 e. The van der Waals surface area contributed by atoms with Crippen molar-refractivity contribution in [2.45, 2.75) is 6.42 Å². The molecule has 0 saturated carbocycles. The second kappa shape index (κ2) is 6.83. The van der Waals surface area contributed by atoms with Crippen LogP contribution < -0.4 is 11.1 Å². The Morgan fingerprint density at radius 3 is 2.59 bits per heavy atom. The first kappa shape index (κ1) is 16.6. The lowest BCUT2D eigenvalue weighted by molar-refractivity contribution is -0.115. The number of hydrogen-bond acceptors (Lipinski definition) is 5. The average molecular weight is 362 g/mol. The highest BCUT2D eigenvalue weighted by Gasteiger charge is 2.07. The average Bonchev–Trinajstić information content (AvgIpc) is 3.03. The predicted octanol–water partition coefficient (Wildman–Crippen LogP) is 2.69. The number of anilines is 2. The van der Waals surface area contributed by atoms with Crippen molar-refractivity contribution >= 4 is 23.3 Å². The normalized spacial score (nSPS) is 10.9. The van der Waals surface area contributed by atoms with Gasteiger partial charge in [-0.1, -0.05) is 12.1 Å². The maximum Gasteiger partial charge on any atom is 0.240 e. The number of nitrogens with two attached hydrogens (primary N) is 1. The van der Waals surface area contributed by atoms with Crippen molar-refractivity contribution in [3.8, 4) is 11.1 Å². The SMILES string of the molecule is Nc1nc2ccc(-c3ccc(NC(=O)Cc4ccc(F)cc4)nc3)cn2n1. The number of carbonyl (C=O) groups excluding carboxylic acids is 1. The van der Waals surface area contributed by atoms with Crippen LogP contribution in [0, 0.1) is 5.82 Å². The number of nitrogen functional groups attached to an aromatic ring is 1. The van der Waals surface area contributed by atoms with Gasteiger partial charge in [0.05, 0.1) is 6.42 Å². The van der Waals surface area contributed by atoms with Gasteiger partial charge in [-0.15, -0.1) is 5.10 Å². The molecule has 134 valence electrons. The molecular weight excluding hydrogens is 347 g/mol. The molecule has 27 heavy (non-hydrogen) atoms. The van der Waals surface area contributed by atoms with Crippen molar-refractivity contribution in [2.24, 2.45) is 0 Å². The van der Waals surface area contributed by atoms with Crippen molar-refractivity contribution in [1.29, 1.82) is 0 Å². The standard InChI is InChI=1S/C19H15FN6O/c20-15-5-1-12(2-6-15)9-18(27)23-16-7-3-13(10-22-16)14-4-8-17-24-19(21)25-26(17)11-14/h1-8,10-11H,9H2,(H2,21,25)(H,22,23,27). The molecule has 0 radical (unpaired) electrons. The lowest BCUT2D eigenvalue weighted by Gasteiger charge is -2.06. The van der Waals surface area contributed by atoms with Gasteiger partial charge >= 0.3 is 0 Å². The lowest BCUT2D eigenvalue weighted by Crippen LogP contribution is -2.15. The minimum Gasteiger partial charge on any atom is -0.366 e. The quantitative estimate of drug-likeness (QED) is 0.582. The Morgan fingerprint density at radius 1 is 1.07 bits per heavy atom. The van der Waals surface area contributed by atoms with E-state index < -0.39 is 0 Å². The number of rotatable bonds is 4. The van der Waals surface area contributed by atoms with E-state index in [-0.39, 0.29) is 24.1 Å². The van der Waals surface area contributed by atoms with Crippen LogP contribution in [0.3, 0.4) is 0 Å². The minimum atomic E-state index is -0.330. The number of amides is 1. The number of carbonyl (C=O) groups is 1. The summed E-state index contributed by atoms with van der Waals surface area (Å²) >= 11 is 0. The second-order valence-electron chi connectivity index (χ2n) is 5.97. The number of benzene rings is 1. The van der Waals surface area contributed by atoms with E-state index in [0.29, 0.717) is 11.5 Å². The molecule has 4 rings (SSSR count). The first-order chi connectivity index (χ1) is 13.1. The summed E-state index contributed by atoms with van der Waals surface area (Å²) in [6.45, 7) is 0. The van der Waals surface area contributed by atoms with Crippen LogP contribution in [-0.2, 0) is 11.2 Å². The zero-order valence-corrected chi connectivity index (χ0v) is 14.1. The van der Waals surface area contributed by atoms with Crippen molar-refractivity contribution in [2.75, 3.05) is 11.1 Å². The van der Waals surface area contributed by atoms with E-state index in [9.17, 15) is 9.18 Å². The van der Waals surface area contributed by atoms with E-state index in [1.807, 2.05) is 24.4 Å². The predicted molar refractivity (Wildman–Crippen MR) is 99.4 cm³/mol. The molecule has 0 aliphatic heterocycles. The molecule has 1 aromatic carbocycles. The number of nitrogens with one attached hydrogen (secondary N) is 1. The Bertz CT molecular complexity index is 1110. The molecule has 0 aliphatic rings. The number of nitrogens with zero attached hydrogens (tertiary/aromatic N) is 4. The molecule has 4 aromatic rings. The van der Waals surface area contributed by atoms with E-state index in [1.165, 1.54) is 12.1 Å². The fourth-order valence-corrected chi connectivity index (χ4v) is 2.68. The van der Waals surface area contributed by atoms with Crippen molar-refractivity contribution < 1.29 is 9.18 Å². The maximum absolute atomic E-state index is 12.9. The van der Waals surface area contributed by atoms with Crippen molar-refractivity contribution in [3.05, 3.63) is 72.3 Å². The summed E-state index contributed by atoms with van der Waals surface area (Å²) in [5.74, 6) is 0.103. The summed E-state index contributed by atoms with van der Waals surface area (Å²) in [6, 6.07) is 13.1. The number of halogens is 1. The molecule has 1 amide bonds. The topological polar surface area (TPSA) is 98.2 Å². The van der Waals surface area contributed by atoms with Gasteiger partial charge in [-0.05, 0) is 42.0 Å². The molecule has 0 unspecified atom stereocenters. The van der Waals surface area contributed by atoms with E-state index in [4.69, 9.17) is 5.73 Å². The largest absolute Gasteiger partial charge is 0.366 e. The summed E-state index contributed by atoms with van der Waals surface area (Å²) in [4.78, 5) is 20.4. The molecule has 0 aliphatic carbocycles. The van der Waals surface area contributed by atoms with Gasteiger partial charge in [0.25, 0.3) is 0 Å². The fourth-order valence-electron chi connectivity index (χ4n) is 2.68. The number of fused-ring (bicyclic) bond motifs is 1. The number of aromatic nitrogens is 4. The Hall–Kier alpha value is -3.81. The zero-order chi connectivity index (χ0) is 18.8. The van der Waals surface area contributed by atoms with E-state index in [2.05, 4.69) is 20.4 Å². The summed E-state index contributed by atoms with van der Waals surface area (Å²) < 4.78 is 14.5. The molecule has 3 aromatic heterocycles. The van der Waals surface area contributed by atoms with Crippen LogP contribution >= 0.6 is 0 Å². The third kappa shape index (κ3) is 3.74. The molecule has 7 nitrogen and oxygen atoms in total. The molecule has 0 fully saturated rings. The Morgan fingerprint density at radius 2 is 1.85 bits per heavy atom. The number of hydrogen-bond donors (Lipinski definition) is 2. The molecule has 0 atom stereocenters. The molecule has 0 bridgehead atoms. The van der Waals surface area contributed by atoms with Gasteiger partial charge in [-0.3, -0.25) is 4.79 Å². The van der Waals surface area contributed by atoms with E-state index in [0.717, 1.165) is 16.7 Å². The van der Waals surface area contributed by atoms with Gasteiger partial charge in [0.2, 0.25) is 11.9 Å². The van der Waals surface area contributed by atoms with Gasteiger partial charge in [0.15, 0.2) is 5.65 Å². The van der Waals surface area contributed by atoms with Crippen LogP contribution in [0.25, 0.3) is 16.8 Å². The van der Waals surface area contributed by atoms with Crippen LogP contribution in [0.5, 0.6) is 0 Å². The van der Waals surface area contributed by atoms with E-state index in [1.54, 1.807) is 28.9 Å². The lowest BCUT2D eigenvalue weighted by atomic mass is 10.1. The summed E-state index contributed by atoms with van der Waals surface area (Å²) in [5.41, 5.74) is 8.74. The van der Waals surface area contributed by atoms with Gasteiger partial charge in [0, 0.05) is 23.5 Å².